The Labute approximate surface area is 459 Å². The summed E-state index contributed by atoms with van der Waals surface area (Å²) in [5.74, 6) is -8.89. The summed E-state index contributed by atoms with van der Waals surface area (Å²) >= 11 is 0. The zero-order valence-corrected chi connectivity index (χ0v) is 46.7. The van der Waals surface area contributed by atoms with Gasteiger partial charge in [0.15, 0.2) is 11.6 Å². The number of rotatable bonds is 16. The predicted octanol–water partition coefficient (Wildman–Crippen LogP) is -0.181. The van der Waals surface area contributed by atoms with Gasteiger partial charge in [0, 0.05) is 12.8 Å². The van der Waals surface area contributed by atoms with Crippen LogP contribution in [0.1, 0.15) is 118 Å². The van der Waals surface area contributed by atoms with E-state index in [0.29, 0.717) is 11.1 Å². The zero-order chi connectivity index (χ0) is 58.2. The SMILES string of the molecule is CC(C)C[C@@H]1NC(=O)[C@H](CCCN)NC(=O)[C@H](C(C)C)NC(=O)C[C@@H](N)C(=O)[C@@H](Cc2ccccc2)NC(=O)[C@H](CC(C)C)NC(=O)[C@H](CCCN)NC(=O)[C@H](C(C)C)NC(=O)C[C@@H](N)C(=O)[C@@H](Cc2ccccc2)NC1=O. The van der Waals surface area contributed by atoms with Crippen molar-refractivity contribution in [1.29, 1.82) is 0 Å². The van der Waals surface area contributed by atoms with E-state index in [1.54, 1.807) is 88.4 Å². The highest BCUT2D eigenvalue weighted by molar-refractivity contribution is 6.01. The first-order valence-corrected chi connectivity index (χ1v) is 27.3. The number of ketones is 2. The Morgan fingerprint density at radius 2 is 0.705 bits per heavy atom. The fraction of sp³-hybridized carbons (Fsp3) is 0.607. The van der Waals surface area contributed by atoms with E-state index in [4.69, 9.17) is 22.9 Å². The average Bonchev–Trinajstić information content (AvgIpc) is 3.37. The zero-order valence-electron chi connectivity index (χ0n) is 46.7. The van der Waals surface area contributed by atoms with Crippen LogP contribution in [0.15, 0.2) is 60.7 Å². The number of carbonyl (C=O) groups excluding carboxylic acids is 10. The van der Waals surface area contributed by atoms with Gasteiger partial charge in [-0.25, -0.2) is 0 Å². The lowest BCUT2D eigenvalue weighted by Crippen LogP contribution is -2.60. The number of nitrogens with one attached hydrogen (secondary N) is 8. The minimum Gasteiger partial charge on any atom is -0.344 e. The van der Waals surface area contributed by atoms with Crippen molar-refractivity contribution in [2.75, 3.05) is 13.1 Å². The van der Waals surface area contributed by atoms with Gasteiger partial charge in [0.05, 0.1) is 24.2 Å². The van der Waals surface area contributed by atoms with Crippen molar-refractivity contribution in [2.24, 2.45) is 46.6 Å². The molecule has 1 fully saturated rings. The number of hydrogen-bond donors (Lipinski definition) is 12. The van der Waals surface area contributed by atoms with Crippen LogP contribution < -0.4 is 65.5 Å². The maximum Gasteiger partial charge on any atom is 0.243 e. The number of benzene rings is 2. The molecule has 0 aromatic heterocycles. The third-order valence-electron chi connectivity index (χ3n) is 13.3. The number of hydrogen-bond acceptors (Lipinski definition) is 14. The van der Waals surface area contributed by atoms with Gasteiger partial charge in [-0.3, -0.25) is 47.9 Å². The molecule has 3 rings (SSSR count). The van der Waals surface area contributed by atoms with E-state index < -0.39 is 144 Å². The lowest BCUT2D eigenvalue weighted by molar-refractivity contribution is -0.136. The Bertz CT molecular complexity index is 2160. The smallest absolute Gasteiger partial charge is 0.243 e. The summed E-state index contributed by atoms with van der Waals surface area (Å²) in [4.78, 5) is 142. The summed E-state index contributed by atoms with van der Waals surface area (Å²) in [5.41, 5.74) is 25.9. The fourth-order valence-electron chi connectivity index (χ4n) is 9.00. The van der Waals surface area contributed by atoms with Crippen LogP contribution in [-0.2, 0) is 60.8 Å². The molecule has 0 unspecified atom stereocenters. The van der Waals surface area contributed by atoms with Gasteiger partial charge in [-0.2, -0.15) is 0 Å². The molecule has 1 saturated heterocycles. The quantitative estimate of drug-likeness (QED) is 0.104. The lowest BCUT2D eigenvalue weighted by atomic mass is 9.94. The highest BCUT2D eigenvalue weighted by Crippen LogP contribution is 2.15. The van der Waals surface area contributed by atoms with E-state index in [2.05, 4.69) is 42.5 Å². The first kappa shape index (κ1) is 65.7. The molecule has 10 atom stereocenters. The molecule has 0 aliphatic carbocycles. The van der Waals surface area contributed by atoms with Gasteiger partial charge >= 0.3 is 0 Å². The van der Waals surface area contributed by atoms with Crippen molar-refractivity contribution in [3.63, 3.8) is 0 Å². The first-order chi connectivity index (χ1) is 36.8. The molecule has 22 nitrogen and oxygen atoms in total. The van der Waals surface area contributed by atoms with Crippen molar-refractivity contribution in [3.05, 3.63) is 71.8 Å². The van der Waals surface area contributed by atoms with Gasteiger partial charge in [0.25, 0.3) is 0 Å². The van der Waals surface area contributed by atoms with Gasteiger partial charge in [0.1, 0.15) is 36.3 Å². The van der Waals surface area contributed by atoms with Gasteiger partial charge in [-0.1, -0.05) is 116 Å². The largest absolute Gasteiger partial charge is 0.344 e. The van der Waals surface area contributed by atoms with Crippen molar-refractivity contribution in [1.82, 2.24) is 42.5 Å². The van der Waals surface area contributed by atoms with E-state index in [0.717, 1.165) is 0 Å². The van der Waals surface area contributed by atoms with E-state index in [-0.39, 0.29) is 76.3 Å². The molecule has 0 radical (unpaired) electrons. The Morgan fingerprint density at radius 3 is 1.00 bits per heavy atom. The maximum absolute atomic E-state index is 14.3. The Balaban J connectivity index is 2.16. The van der Waals surface area contributed by atoms with Crippen LogP contribution in [0.5, 0.6) is 0 Å². The molecule has 8 amide bonds. The first-order valence-electron chi connectivity index (χ1n) is 27.3. The predicted molar refractivity (Wildman–Crippen MR) is 296 cm³/mol. The standard InChI is InChI=1S/C56H88N12O10/c1-31(2)25-43-53(75)63-41(27-35-17-11-9-12-18-35)49(71)37(59)29-45(69)68-48(34(7)8)56(78)62-40(22-16-24-58)52(74)66-44(26-32(3)4)54(76)64-42(28-36-19-13-10-14-20-36)50(72)38(60)30-46(70)67-47(33(5)6)55(77)61-39(21-15-23-57)51(73)65-43/h9-14,17-20,31-34,37-44,47-48H,15-16,21-30,57-60H2,1-8H3,(H,61,77)(H,62,78)(H,63,75)(H,64,76)(H,65,73)(H,66,74)(H,67,70)(H,68,69)/t37-,38-,39+,40+,41-,42-,43+,44+,47+,48+/m1/s1. The summed E-state index contributed by atoms with van der Waals surface area (Å²) in [5, 5.41) is 21.8. The Morgan fingerprint density at radius 1 is 0.410 bits per heavy atom. The molecule has 22 heteroatoms. The third-order valence-corrected chi connectivity index (χ3v) is 13.3. The molecule has 2 aromatic carbocycles. The molecule has 432 valence electrons. The van der Waals surface area contributed by atoms with Crippen molar-refractivity contribution < 1.29 is 47.9 Å². The molecule has 1 heterocycles. The third kappa shape index (κ3) is 22.0. The molecule has 0 saturated carbocycles. The van der Waals surface area contributed by atoms with Crippen molar-refractivity contribution in [3.8, 4) is 0 Å². The molecule has 78 heavy (non-hydrogen) atoms. The molecule has 1 aliphatic rings. The van der Waals surface area contributed by atoms with Crippen LogP contribution >= 0.6 is 0 Å². The van der Waals surface area contributed by atoms with Gasteiger partial charge < -0.3 is 65.5 Å². The molecule has 0 bridgehead atoms. The second kappa shape index (κ2) is 33.0. The van der Waals surface area contributed by atoms with Crippen LogP contribution in [0, 0.1) is 23.7 Å². The van der Waals surface area contributed by atoms with Crippen LogP contribution in [0.3, 0.4) is 0 Å². The maximum atomic E-state index is 14.3. The molecule has 2 aromatic rings. The summed E-state index contributed by atoms with van der Waals surface area (Å²) in [6.45, 7) is 14.3. The van der Waals surface area contributed by atoms with Crippen LogP contribution in [-0.4, -0.2) is 132 Å². The van der Waals surface area contributed by atoms with Crippen LogP contribution in [0.2, 0.25) is 0 Å². The lowest BCUT2D eigenvalue weighted by Gasteiger charge is -2.29. The van der Waals surface area contributed by atoms with Gasteiger partial charge in [0.2, 0.25) is 47.3 Å². The second-order valence-corrected chi connectivity index (χ2v) is 21.9. The summed E-state index contributed by atoms with van der Waals surface area (Å²) in [6.07, 6.45) is -0.474. The number of amides is 8. The summed E-state index contributed by atoms with van der Waals surface area (Å²) in [7, 11) is 0. The normalized spacial score (nSPS) is 25.8. The highest BCUT2D eigenvalue weighted by atomic mass is 16.2. The monoisotopic (exact) mass is 1090 g/mol. The van der Waals surface area contributed by atoms with E-state index >= 15 is 0 Å². The van der Waals surface area contributed by atoms with Gasteiger partial charge in [-0.15, -0.1) is 0 Å². The van der Waals surface area contributed by atoms with Crippen molar-refractivity contribution in [2.45, 2.75) is 180 Å². The van der Waals surface area contributed by atoms with Crippen LogP contribution in [0.4, 0.5) is 0 Å². The molecule has 16 N–H and O–H groups in total. The number of Topliss-reactive ketones (excluding diaryl/α,β-unsaturated/α-hetero) is 2. The summed E-state index contributed by atoms with van der Waals surface area (Å²) in [6, 6.07) is 4.45. The fourth-order valence-corrected chi connectivity index (χ4v) is 9.00. The molecule has 1 aliphatic heterocycles. The van der Waals surface area contributed by atoms with Crippen molar-refractivity contribution >= 4 is 58.8 Å². The second-order valence-electron chi connectivity index (χ2n) is 21.9. The minimum atomic E-state index is -1.50. The number of carbonyl (C=O) groups is 10. The molecular weight excluding hydrogens is 1000 g/mol. The van der Waals surface area contributed by atoms with E-state index in [1.807, 2.05) is 27.7 Å². The molecular formula is C56H88N12O10. The van der Waals surface area contributed by atoms with Gasteiger partial charge in [-0.05, 0) is 99.3 Å². The molecule has 0 spiro atoms. The summed E-state index contributed by atoms with van der Waals surface area (Å²) < 4.78 is 0. The van der Waals surface area contributed by atoms with E-state index in [9.17, 15) is 47.9 Å². The van der Waals surface area contributed by atoms with E-state index in [1.165, 1.54) is 0 Å². The number of nitrogens with two attached hydrogens (primary N) is 4. The minimum absolute atomic E-state index is 0.0404. The topological polar surface area (TPSA) is 371 Å². The Hall–Kier alpha value is -6.62. The highest BCUT2D eigenvalue weighted by Gasteiger charge is 2.37. The Kier molecular flexibility index (Phi) is 27.7. The average molecular weight is 1090 g/mol. The van der Waals surface area contributed by atoms with Crippen LogP contribution in [0.25, 0.3) is 0 Å².